The van der Waals surface area contributed by atoms with E-state index >= 15 is 0 Å². The summed E-state index contributed by atoms with van der Waals surface area (Å²) in [4.78, 5) is 2.21. The van der Waals surface area contributed by atoms with Crippen LogP contribution >= 0.6 is 0 Å². The Balaban J connectivity index is 2.16. The van der Waals surface area contributed by atoms with Crippen LogP contribution in [0.15, 0.2) is 18.2 Å². The first-order chi connectivity index (χ1) is 9.43. The molecule has 20 heavy (non-hydrogen) atoms. The number of halogens is 1. The van der Waals surface area contributed by atoms with E-state index in [1.165, 1.54) is 6.42 Å². The molecule has 1 atom stereocenters. The molecule has 112 valence electrons. The van der Waals surface area contributed by atoms with Crippen LogP contribution in [-0.2, 0) is 0 Å². The molecule has 2 nitrogen and oxygen atoms in total. The summed E-state index contributed by atoms with van der Waals surface area (Å²) >= 11 is 0. The zero-order chi connectivity index (χ0) is 14.8. The highest BCUT2D eigenvalue weighted by atomic mass is 19.1. The number of benzene rings is 1. The van der Waals surface area contributed by atoms with E-state index in [0.717, 1.165) is 37.2 Å². The van der Waals surface area contributed by atoms with Crippen molar-refractivity contribution in [2.24, 2.45) is 5.41 Å². The van der Waals surface area contributed by atoms with Crippen molar-refractivity contribution < 1.29 is 4.39 Å². The minimum absolute atomic E-state index is 0.0932. The van der Waals surface area contributed by atoms with Gasteiger partial charge < -0.3 is 10.2 Å². The van der Waals surface area contributed by atoms with Gasteiger partial charge in [0.05, 0.1) is 5.69 Å². The maximum atomic E-state index is 14.4. The molecule has 1 N–H and O–H groups in total. The van der Waals surface area contributed by atoms with Crippen LogP contribution in [0.1, 0.15) is 51.6 Å². The SMILES string of the molecule is CNC(C)c1ccc(N2CCCC(C)(C)CC2)c(F)c1. The molecule has 0 aliphatic carbocycles. The zero-order valence-corrected chi connectivity index (χ0v) is 13.2. The highest BCUT2D eigenvalue weighted by molar-refractivity contribution is 5.49. The summed E-state index contributed by atoms with van der Waals surface area (Å²) in [5, 5.41) is 3.15. The lowest BCUT2D eigenvalue weighted by Crippen LogP contribution is -2.26. The summed E-state index contributed by atoms with van der Waals surface area (Å²) in [7, 11) is 1.90. The van der Waals surface area contributed by atoms with Crippen LogP contribution < -0.4 is 10.2 Å². The maximum absolute atomic E-state index is 14.4. The average molecular weight is 278 g/mol. The smallest absolute Gasteiger partial charge is 0.146 e. The molecule has 0 aromatic heterocycles. The molecule has 1 aliphatic rings. The molecule has 3 heteroatoms. The summed E-state index contributed by atoms with van der Waals surface area (Å²) < 4.78 is 14.4. The number of hydrogen-bond acceptors (Lipinski definition) is 2. The van der Waals surface area contributed by atoms with Gasteiger partial charge in [-0.2, -0.15) is 0 Å². The van der Waals surface area contributed by atoms with Crippen molar-refractivity contribution in [2.45, 2.75) is 46.1 Å². The van der Waals surface area contributed by atoms with Crippen molar-refractivity contribution in [3.05, 3.63) is 29.6 Å². The molecule has 0 amide bonds. The first-order valence-electron chi connectivity index (χ1n) is 7.64. The number of anilines is 1. The Bertz CT molecular complexity index is 456. The van der Waals surface area contributed by atoms with Crippen LogP contribution in [0.2, 0.25) is 0 Å². The Kier molecular flexibility index (Phi) is 4.69. The molecule has 1 fully saturated rings. The van der Waals surface area contributed by atoms with Gasteiger partial charge in [0.2, 0.25) is 0 Å². The third-order valence-electron chi connectivity index (χ3n) is 4.59. The zero-order valence-electron chi connectivity index (χ0n) is 13.2. The quantitative estimate of drug-likeness (QED) is 0.894. The fourth-order valence-electron chi connectivity index (χ4n) is 2.88. The number of rotatable bonds is 3. The van der Waals surface area contributed by atoms with E-state index in [1.54, 1.807) is 6.07 Å². The summed E-state index contributed by atoms with van der Waals surface area (Å²) in [5.74, 6) is -0.0932. The first-order valence-corrected chi connectivity index (χ1v) is 7.64. The molecular weight excluding hydrogens is 251 g/mol. The second-order valence-electron chi connectivity index (χ2n) is 6.73. The Morgan fingerprint density at radius 3 is 2.65 bits per heavy atom. The predicted octanol–water partition coefficient (Wildman–Crippen LogP) is 4.12. The molecule has 1 saturated heterocycles. The lowest BCUT2D eigenvalue weighted by Gasteiger charge is -2.25. The Labute approximate surface area is 122 Å². The Morgan fingerprint density at radius 2 is 2.00 bits per heavy atom. The third kappa shape index (κ3) is 3.51. The van der Waals surface area contributed by atoms with Crippen molar-refractivity contribution in [3.63, 3.8) is 0 Å². The van der Waals surface area contributed by atoms with Crippen LogP contribution in [0.4, 0.5) is 10.1 Å². The van der Waals surface area contributed by atoms with Gasteiger partial charge in [-0.05, 0) is 56.3 Å². The first kappa shape index (κ1) is 15.3. The molecule has 0 saturated carbocycles. The minimum atomic E-state index is -0.0932. The molecule has 0 spiro atoms. The van der Waals surface area contributed by atoms with E-state index in [9.17, 15) is 4.39 Å². The molecule has 1 aliphatic heterocycles. The third-order valence-corrected chi connectivity index (χ3v) is 4.59. The van der Waals surface area contributed by atoms with Crippen LogP contribution in [0.5, 0.6) is 0 Å². The van der Waals surface area contributed by atoms with E-state index < -0.39 is 0 Å². The molecule has 2 rings (SSSR count). The van der Waals surface area contributed by atoms with Crippen molar-refractivity contribution in [3.8, 4) is 0 Å². The number of hydrogen-bond donors (Lipinski definition) is 1. The van der Waals surface area contributed by atoms with Crippen LogP contribution in [-0.4, -0.2) is 20.1 Å². The normalized spacial score (nSPS) is 20.6. The minimum Gasteiger partial charge on any atom is -0.369 e. The van der Waals surface area contributed by atoms with Gasteiger partial charge in [0.1, 0.15) is 5.82 Å². The summed E-state index contributed by atoms with van der Waals surface area (Å²) in [5.41, 5.74) is 2.14. The predicted molar refractivity (Wildman–Crippen MR) is 83.7 cm³/mol. The lowest BCUT2D eigenvalue weighted by molar-refractivity contribution is 0.325. The second kappa shape index (κ2) is 6.13. The monoisotopic (exact) mass is 278 g/mol. The van der Waals surface area contributed by atoms with Gasteiger partial charge in [-0.15, -0.1) is 0 Å². The molecule has 0 radical (unpaired) electrons. The fraction of sp³-hybridized carbons (Fsp3) is 0.647. The van der Waals surface area contributed by atoms with Crippen molar-refractivity contribution >= 4 is 5.69 Å². The topological polar surface area (TPSA) is 15.3 Å². The van der Waals surface area contributed by atoms with E-state index in [-0.39, 0.29) is 11.9 Å². The largest absolute Gasteiger partial charge is 0.369 e. The fourth-order valence-corrected chi connectivity index (χ4v) is 2.88. The van der Waals surface area contributed by atoms with Gasteiger partial charge in [0.25, 0.3) is 0 Å². The van der Waals surface area contributed by atoms with Gasteiger partial charge in [0, 0.05) is 19.1 Å². The number of nitrogens with zero attached hydrogens (tertiary/aromatic N) is 1. The molecule has 0 bridgehead atoms. The Hall–Kier alpha value is -1.09. The second-order valence-corrected chi connectivity index (χ2v) is 6.73. The molecular formula is C17H27FN2. The highest BCUT2D eigenvalue weighted by Crippen LogP contribution is 2.33. The van der Waals surface area contributed by atoms with E-state index in [1.807, 2.05) is 26.1 Å². The van der Waals surface area contributed by atoms with Crippen LogP contribution in [0.25, 0.3) is 0 Å². The van der Waals surface area contributed by atoms with Gasteiger partial charge in [-0.25, -0.2) is 4.39 Å². The molecule has 1 aromatic carbocycles. The van der Waals surface area contributed by atoms with Crippen molar-refractivity contribution in [2.75, 3.05) is 25.0 Å². The van der Waals surface area contributed by atoms with Crippen molar-refractivity contribution in [1.82, 2.24) is 5.32 Å². The van der Waals surface area contributed by atoms with Crippen LogP contribution in [0.3, 0.4) is 0 Å². The average Bonchev–Trinajstić information content (AvgIpc) is 2.59. The maximum Gasteiger partial charge on any atom is 0.146 e. The molecule has 1 heterocycles. The van der Waals surface area contributed by atoms with Gasteiger partial charge in [-0.1, -0.05) is 19.9 Å². The molecule has 1 unspecified atom stereocenters. The highest BCUT2D eigenvalue weighted by Gasteiger charge is 2.24. The van der Waals surface area contributed by atoms with E-state index in [4.69, 9.17) is 0 Å². The van der Waals surface area contributed by atoms with Gasteiger partial charge in [0.15, 0.2) is 0 Å². The van der Waals surface area contributed by atoms with Crippen LogP contribution in [0, 0.1) is 11.2 Å². The molecule has 1 aromatic rings. The standard InChI is InChI=1S/C17H27FN2/c1-13(19-4)14-6-7-16(15(18)12-14)20-10-5-8-17(2,3)9-11-20/h6-7,12-13,19H,5,8-11H2,1-4H3. The summed E-state index contributed by atoms with van der Waals surface area (Å²) in [6.45, 7) is 8.57. The Morgan fingerprint density at radius 1 is 1.25 bits per heavy atom. The summed E-state index contributed by atoms with van der Waals surface area (Å²) in [6.07, 6.45) is 3.49. The van der Waals surface area contributed by atoms with Gasteiger partial charge >= 0.3 is 0 Å². The van der Waals surface area contributed by atoms with E-state index in [0.29, 0.717) is 5.41 Å². The summed E-state index contributed by atoms with van der Waals surface area (Å²) in [6, 6.07) is 5.83. The van der Waals surface area contributed by atoms with E-state index in [2.05, 4.69) is 24.1 Å². The van der Waals surface area contributed by atoms with Crippen molar-refractivity contribution in [1.29, 1.82) is 0 Å². The lowest BCUT2D eigenvalue weighted by atomic mass is 9.85. The number of nitrogens with one attached hydrogen (secondary N) is 1. The van der Waals surface area contributed by atoms with Gasteiger partial charge in [-0.3, -0.25) is 0 Å².